The average molecular weight is 519 g/mol. The van der Waals surface area contributed by atoms with Crippen LogP contribution in [-0.4, -0.2) is 55.6 Å². The summed E-state index contributed by atoms with van der Waals surface area (Å²) >= 11 is 0. The summed E-state index contributed by atoms with van der Waals surface area (Å²) in [6.07, 6.45) is 2.58. The summed E-state index contributed by atoms with van der Waals surface area (Å²) in [6, 6.07) is 13.4. The summed E-state index contributed by atoms with van der Waals surface area (Å²) in [5.41, 5.74) is 3.48. The van der Waals surface area contributed by atoms with Gasteiger partial charge in [0.15, 0.2) is 6.23 Å². The molecule has 0 aliphatic carbocycles. The molecule has 5 rings (SSSR count). The number of ether oxygens (including phenoxy) is 2. The van der Waals surface area contributed by atoms with E-state index in [2.05, 4.69) is 15.3 Å². The van der Waals surface area contributed by atoms with E-state index in [0.29, 0.717) is 29.1 Å². The van der Waals surface area contributed by atoms with Crippen molar-refractivity contribution in [3.63, 3.8) is 0 Å². The number of carbonyl (C=O) groups is 1. The van der Waals surface area contributed by atoms with Crippen molar-refractivity contribution in [3.8, 4) is 11.1 Å². The van der Waals surface area contributed by atoms with Crippen LogP contribution >= 0.6 is 0 Å². The van der Waals surface area contributed by atoms with E-state index < -0.39 is 30.5 Å². The molecule has 0 saturated carbocycles. The minimum atomic E-state index is -1.16. The fourth-order valence-electron chi connectivity index (χ4n) is 4.45. The van der Waals surface area contributed by atoms with Crippen molar-refractivity contribution in [2.45, 2.75) is 38.4 Å². The maximum Gasteiger partial charge on any atom is 0.330 e. The van der Waals surface area contributed by atoms with E-state index in [1.807, 2.05) is 24.3 Å². The number of benzene rings is 2. The van der Waals surface area contributed by atoms with E-state index in [9.17, 15) is 19.4 Å². The molecule has 4 aromatic rings. The maximum atomic E-state index is 13.5. The van der Waals surface area contributed by atoms with E-state index in [0.717, 1.165) is 16.7 Å². The summed E-state index contributed by atoms with van der Waals surface area (Å²) in [4.78, 5) is 20.6. The zero-order valence-corrected chi connectivity index (χ0v) is 20.8. The van der Waals surface area contributed by atoms with Crippen molar-refractivity contribution >= 4 is 34.6 Å². The number of fused-ring (bicyclic) bond motifs is 1. The highest BCUT2D eigenvalue weighted by Crippen LogP contribution is 2.39. The van der Waals surface area contributed by atoms with Crippen LogP contribution in [0, 0.1) is 5.82 Å². The molecule has 0 unspecified atom stereocenters. The van der Waals surface area contributed by atoms with Gasteiger partial charge in [0.05, 0.1) is 18.1 Å². The molecule has 9 nitrogen and oxygen atoms in total. The third-order valence-corrected chi connectivity index (χ3v) is 6.39. The van der Waals surface area contributed by atoms with E-state index in [1.54, 1.807) is 42.8 Å². The Morgan fingerprint density at radius 2 is 1.87 bits per heavy atom. The third-order valence-electron chi connectivity index (χ3n) is 6.39. The Hall–Kier alpha value is -4.12. The van der Waals surface area contributed by atoms with Crippen LogP contribution in [0.1, 0.15) is 25.6 Å². The predicted molar refractivity (Wildman–Crippen MR) is 140 cm³/mol. The molecule has 0 radical (unpaired) electrons. The molecule has 3 heterocycles. The van der Waals surface area contributed by atoms with Gasteiger partial charge in [0, 0.05) is 23.5 Å². The van der Waals surface area contributed by atoms with Crippen molar-refractivity contribution in [1.82, 2.24) is 14.5 Å². The van der Waals surface area contributed by atoms with E-state index in [-0.39, 0.29) is 5.82 Å². The second-order valence-electron chi connectivity index (χ2n) is 8.92. The lowest BCUT2D eigenvalue weighted by Gasteiger charge is -2.17. The second-order valence-corrected chi connectivity index (χ2v) is 8.92. The summed E-state index contributed by atoms with van der Waals surface area (Å²) in [5.74, 6) is -0.296. The van der Waals surface area contributed by atoms with Crippen molar-refractivity contribution in [2.75, 3.05) is 11.9 Å². The number of esters is 1. The molecular weight excluding hydrogens is 491 g/mol. The maximum absolute atomic E-state index is 13.5. The van der Waals surface area contributed by atoms with Crippen molar-refractivity contribution < 1.29 is 28.9 Å². The molecule has 0 spiro atoms. The Labute approximate surface area is 218 Å². The fraction of sp³-hybridized carbons (Fsp3) is 0.250. The number of aliphatic hydroxyl groups excluding tert-OH is 2. The number of halogens is 1. The summed E-state index contributed by atoms with van der Waals surface area (Å²) < 4.78 is 26.0. The number of rotatable bonds is 7. The highest BCUT2D eigenvalue weighted by atomic mass is 19.1. The van der Waals surface area contributed by atoms with Gasteiger partial charge in [0.2, 0.25) is 0 Å². The van der Waals surface area contributed by atoms with Crippen LogP contribution in [0.4, 0.5) is 15.9 Å². The topological polar surface area (TPSA) is 119 Å². The van der Waals surface area contributed by atoms with E-state index >= 15 is 0 Å². The molecule has 0 amide bonds. The molecule has 196 valence electrons. The van der Waals surface area contributed by atoms with Crippen LogP contribution in [0.5, 0.6) is 0 Å². The number of nitrogens with zero attached hydrogens (tertiary/aromatic N) is 3. The van der Waals surface area contributed by atoms with E-state index in [1.165, 1.54) is 24.5 Å². The number of hydrogen-bond donors (Lipinski definition) is 3. The molecule has 1 saturated heterocycles. The average Bonchev–Trinajstić information content (AvgIpc) is 3.43. The first kappa shape index (κ1) is 25.5. The smallest absolute Gasteiger partial charge is 0.330 e. The van der Waals surface area contributed by atoms with Gasteiger partial charge in [-0.25, -0.2) is 19.2 Å². The van der Waals surface area contributed by atoms with Crippen LogP contribution < -0.4 is 5.32 Å². The van der Waals surface area contributed by atoms with E-state index in [4.69, 9.17) is 9.47 Å². The zero-order valence-electron chi connectivity index (χ0n) is 20.8. The molecule has 1 aliphatic heterocycles. The lowest BCUT2D eigenvalue weighted by Crippen LogP contribution is -2.30. The van der Waals surface area contributed by atoms with Crippen LogP contribution in [-0.2, 0) is 14.3 Å². The van der Waals surface area contributed by atoms with Crippen LogP contribution in [0.2, 0.25) is 0 Å². The predicted octanol–water partition coefficient (Wildman–Crippen LogP) is 4.20. The third kappa shape index (κ3) is 5.01. The van der Waals surface area contributed by atoms with Crippen LogP contribution in [0.25, 0.3) is 28.2 Å². The van der Waals surface area contributed by atoms with Crippen molar-refractivity contribution in [2.24, 2.45) is 0 Å². The van der Waals surface area contributed by atoms with Gasteiger partial charge in [-0.15, -0.1) is 0 Å². The minimum Gasteiger partial charge on any atom is -0.463 e. The number of aromatic nitrogens is 3. The SMILES string of the molecule is CCOC(=O)/C=C/c1ccc(-c2cn([C@@H]3O[C@H](C)[C@@H](O)[C@H]3O)c3ncnc(Nc4ccc(F)cc4)c23)cc1. The molecule has 1 fully saturated rings. The number of anilines is 2. The van der Waals surface area contributed by atoms with Crippen LogP contribution in [0.3, 0.4) is 0 Å². The Morgan fingerprint density at radius 1 is 1.13 bits per heavy atom. The highest BCUT2D eigenvalue weighted by molar-refractivity contribution is 6.02. The molecule has 0 bridgehead atoms. The zero-order chi connectivity index (χ0) is 26.8. The molecule has 3 N–H and O–H groups in total. The Balaban J connectivity index is 1.59. The molecule has 1 aliphatic rings. The Morgan fingerprint density at radius 3 is 2.53 bits per heavy atom. The monoisotopic (exact) mass is 518 g/mol. The van der Waals surface area contributed by atoms with Gasteiger partial charge in [-0.3, -0.25) is 0 Å². The molecule has 10 heteroatoms. The van der Waals surface area contributed by atoms with Gasteiger partial charge in [-0.2, -0.15) is 0 Å². The van der Waals surface area contributed by atoms with Gasteiger partial charge < -0.3 is 29.6 Å². The summed E-state index contributed by atoms with van der Waals surface area (Å²) in [6.45, 7) is 3.74. The molecule has 2 aromatic heterocycles. The summed E-state index contributed by atoms with van der Waals surface area (Å²) in [7, 11) is 0. The Bertz CT molecular complexity index is 1470. The number of aliphatic hydroxyl groups is 2. The summed E-state index contributed by atoms with van der Waals surface area (Å²) in [5, 5.41) is 24.9. The second kappa shape index (κ2) is 10.7. The first-order valence-corrected chi connectivity index (χ1v) is 12.2. The standard InChI is InChI=1S/C28H27FN4O5/c1-3-37-22(34)13-6-17-4-7-18(8-5-17)21-14-33(28-25(36)24(35)16(2)38-28)27-23(21)26(30-15-31-27)32-20-11-9-19(29)10-12-20/h4-16,24-25,28,35-36H,3H2,1-2H3,(H,30,31,32)/b13-6+/t16-,24-,25-,28-/m1/s1. The molecular formula is C28H27FN4O5. The number of carbonyl (C=O) groups excluding carboxylic acids is 1. The van der Waals surface area contributed by atoms with Gasteiger partial charge in [-0.1, -0.05) is 24.3 Å². The molecule has 38 heavy (non-hydrogen) atoms. The highest BCUT2D eigenvalue weighted by Gasteiger charge is 2.42. The molecule has 2 aromatic carbocycles. The van der Waals surface area contributed by atoms with Gasteiger partial charge in [-0.05, 0) is 55.3 Å². The number of nitrogens with one attached hydrogen (secondary N) is 1. The Kier molecular flexibility index (Phi) is 7.19. The molecule has 4 atom stereocenters. The van der Waals surface area contributed by atoms with Gasteiger partial charge in [0.25, 0.3) is 0 Å². The first-order chi connectivity index (χ1) is 18.4. The van der Waals surface area contributed by atoms with Crippen molar-refractivity contribution in [3.05, 3.63) is 78.5 Å². The lowest BCUT2D eigenvalue weighted by atomic mass is 10.0. The first-order valence-electron chi connectivity index (χ1n) is 12.2. The quantitative estimate of drug-likeness (QED) is 0.246. The minimum absolute atomic E-state index is 0.303. The van der Waals surface area contributed by atoms with Crippen LogP contribution in [0.15, 0.2) is 67.1 Å². The largest absolute Gasteiger partial charge is 0.463 e. The fourth-order valence-corrected chi connectivity index (χ4v) is 4.45. The normalized spacial score (nSPS) is 21.3. The lowest BCUT2D eigenvalue weighted by molar-refractivity contribution is -0.137. The van der Waals surface area contributed by atoms with Gasteiger partial charge >= 0.3 is 5.97 Å². The number of hydrogen-bond acceptors (Lipinski definition) is 8. The van der Waals surface area contributed by atoms with Gasteiger partial charge in [0.1, 0.15) is 35.8 Å². The van der Waals surface area contributed by atoms with Crippen molar-refractivity contribution in [1.29, 1.82) is 0 Å².